The van der Waals surface area contributed by atoms with Gasteiger partial charge in [0.2, 0.25) is 11.8 Å². The van der Waals surface area contributed by atoms with Crippen LogP contribution >= 0.6 is 11.6 Å². The molecule has 28 heavy (non-hydrogen) atoms. The molecule has 1 aliphatic rings. The number of benzene rings is 2. The fraction of sp³-hybridized carbons (Fsp3) is 0.391. The highest BCUT2D eigenvalue weighted by Crippen LogP contribution is 2.26. The van der Waals surface area contributed by atoms with Crippen molar-refractivity contribution in [2.45, 2.75) is 51.2 Å². The highest BCUT2D eigenvalue weighted by molar-refractivity contribution is 6.27. The number of aryl methyl sites for hydroxylation is 1. The minimum absolute atomic E-state index is 0.134. The smallest absolute Gasteiger partial charge is 0.247 e. The molecule has 2 aromatic rings. The molecule has 2 aromatic carbocycles. The van der Waals surface area contributed by atoms with E-state index < -0.39 is 6.04 Å². The first kappa shape index (κ1) is 20.4. The predicted molar refractivity (Wildman–Crippen MR) is 112 cm³/mol. The third kappa shape index (κ3) is 5.14. The maximum absolute atomic E-state index is 13.3. The molecule has 1 N–H and O–H groups in total. The molecule has 5 heteroatoms. The quantitative estimate of drug-likeness (QED) is 0.704. The molecule has 1 aliphatic carbocycles. The van der Waals surface area contributed by atoms with Crippen LogP contribution < -0.4 is 5.32 Å². The first-order chi connectivity index (χ1) is 13.6. The highest BCUT2D eigenvalue weighted by atomic mass is 35.5. The van der Waals surface area contributed by atoms with Crippen molar-refractivity contribution in [2.24, 2.45) is 0 Å². The number of hydrogen-bond donors (Lipinski definition) is 1. The van der Waals surface area contributed by atoms with Crippen LogP contribution in [0, 0.1) is 6.92 Å². The Morgan fingerprint density at radius 2 is 1.71 bits per heavy atom. The molecule has 1 atom stereocenters. The first-order valence-corrected chi connectivity index (χ1v) is 10.4. The number of alkyl halides is 1. The fourth-order valence-corrected chi connectivity index (χ4v) is 3.91. The van der Waals surface area contributed by atoms with Crippen molar-refractivity contribution in [1.29, 1.82) is 0 Å². The van der Waals surface area contributed by atoms with Crippen LogP contribution in [0.2, 0.25) is 0 Å². The summed E-state index contributed by atoms with van der Waals surface area (Å²) >= 11 is 5.92. The molecule has 1 unspecified atom stereocenters. The second-order valence-corrected chi connectivity index (χ2v) is 7.71. The summed E-state index contributed by atoms with van der Waals surface area (Å²) in [5, 5.41) is 3.16. The number of amides is 2. The number of carbonyl (C=O) groups is 2. The van der Waals surface area contributed by atoms with Gasteiger partial charge in [-0.15, -0.1) is 11.6 Å². The van der Waals surface area contributed by atoms with Gasteiger partial charge in [-0.3, -0.25) is 9.59 Å². The molecule has 1 saturated carbocycles. The van der Waals surface area contributed by atoms with Crippen LogP contribution in [0.1, 0.15) is 48.4 Å². The van der Waals surface area contributed by atoms with Gasteiger partial charge in [0.05, 0.1) is 0 Å². The van der Waals surface area contributed by atoms with Crippen molar-refractivity contribution in [1.82, 2.24) is 10.2 Å². The number of carbonyl (C=O) groups excluding carboxylic acids is 2. The van der Waals surface area contributed by atoms with Crippen molar-refractivity contribution in [3.63, 3.8) is 0 Å². The number of rotatable bonds is 7. The zero-order chi connectivity index (χ0) is 19.9. The monoisotopic (exact) mass is 398 g/mol. The normalized spacial score (nSPS) is 15.2. The van der Waals surface area contributed by atoms with Gasteiger partial charge < -0.3 is 10.2 Å². The zero-order valence-electron chi connectivity index (χ0n) is 16.2. The molecule has 1 fully saturated rings. The second kappa shape index (κ2) is 9.74. The largest absolute Gasteiger partial charge is 0.351 e. The molecular formula is C23H27ClN2O2. The maximum atomic E-state index is 13.3. The van der Waals surface area contributed by atoms with Crippen molar-refractivity contribution < 1.29 is 9.59 Å². The molecule has 0 aromatic heterocycles. The average Bonchev–Trinajstić information content (AvgIpc) is 3.22. The molecule has 3 rings (SSSR count). The molecule has 0 bridgehead atoms. The van der Waals surface area contributed by atoms with Crippen LogP contribution in [0.4, 0.5) is 0 Å². The molecule has 0 radical (unpaired) electrons. The lowest BCUT2D eigenvalue weighted by molar-refractivity contribution is -0.140. The Bertz CT molecular complexity index is 786. The molecule has 0 saturated heterocycles. The minimum atomic E-state index is -0.701. The third-order valence-corrected chi connectivity index (χ3v) is 5.51. The van der Waals surface area contributed by atoms with E-state index >= 15 is 0 Å². The Kier molecular flexibility index (Phi) is 7.10. The Morgan fingerprint density at radius 1 is 1.07 bits per heavy atom. The van der Waals surface area contributed by atoms with Gasteiger partial charge in [0.25, 0.3) is 0 Å². The minimum Gasteiger partial charge on any atom is -0.351 e. The summed E-state index contributed by atoms with van der Waals surface area (Å²) in [6.45, 7) is 2.34. The maximum Gasteiger partial charge on any atom is 0.247 e. The van der Waals surface area contributed by atoms with Gasteiger partial charge in [0, 0.05) is 12.6 Å². The Hall–Kier alpha value is -2.33. The summed E-state index contributed by atoms with van der Waals surface area (Å²) < 4.78 is 0. The summed E-state index contributed by atoms with van der Waals surface area (Å²) in [7, 11) is 0. The number of hydrogen-bond acceptors (Lipinski definition) is 2. The summed E-state index contributed by atoms with van der Waals surface area (Å²) in [5.74, 6) is -0.547. The summed E-state index contributed by atoms with van der Waals surface area (Å²) in [6, 6.07) is 17.0. The predicted octanol–water partition coefficient (Wildman–Crippen LogP) is 4.36. The highest BCUT2D eigenvalue weighted by Gasteiger charge is 2.32. The van der Waals surface area contributed by atoms with Crippen molar-refractivity contribution in [3.8, 4) is 0 Å². The van der Waals surface area contributed by atoms with Crippen molar-refractivity contribution >= 4 is 23.4 Å². The molecule has 2 amide bonds. The lowest BCUT2D eigenvalue weighted by atomic mass is 10.0. The molecule has 0 heterocycles. The van der Waals surface area contributed by atoms with E-state index in [1.54, 1.807) is 4.90 Å². The van der Waals surface area contributed by atoms with Gasteiger partial charge in [-0.05, 0) is 30.9 Å². The summed E-state index contributed by atoms with van der Waals surface area (Å²) in [4.78, 5) is 27.6. The third-order valence-electron chi connectivity index (χ3n) is 5.29. The van der Waals surface area contributed by atoms with Crippen LogP contribution in [0.15, 0.2) is 54.6 Å². The molecule has 0 aliphatic heterocycles. The van der Waals surface area contributed by atoms with E-state index in [9.17, 15) is 9.59 Å². The van der Waals surface area contributed by atoms with E-state index in [2.05, 4.69) is 5.32 Å². The molecule has 0 spiro atoms. The van der Waals surface area contributed by atoms with E-state index in [-0.39, 0.29) is 23.7 Å². The topological polar surface area (TPSA) is 49.4 Å². The lowest BCUT2D eigenvalue weighted by Gasteiger charge is -2.32. The summed E-state index contributed by atoms with van der Waals surface area (Å²) in [5.41, 5.74) is 2.87. The van der Waals surface area contributed by atoms with Crippen LogP contribution in [0.25, 0.3) is 0 Å². The van der Waals surface area contributed by atoms with Crippen molar-refractivity contribution in [2.75, 3.05) is 5.88 Å². The Balaban J connectivity index is 1.93. The first-order valence-electron chi connectivity index (χ1n) is 9.85. The second-order valence-electron chi connectivity index (χ2n) is 7.44. The van der Waals surface area contributed by atoms with E-state index in [1.165, 1.54) is 0 Å². The van der Waals surface area contributed by atoms with E-state index in [4.69, 9.17) is 11.6 Å². The van der Waals surface area contributed by atoms with Crippen LogP contribution in [0.5, 0.6) is 0 Å². The Labute approximate surface area is 171 Å². The number of nitrogens with zero attached hydrogens (tertiary/aromatic N) is 1. The van der Waals surface area contributed by atoms with Crippen LogP contribution in [-0.4, -0.2) is 28.6 Å². The fourth-order valence-electron chi connectivity index (χ4n) is 3.75. The number of nitrogens with one attached hydrogen (secondary N) is 1. The van der Waals surface area contributed by atoms with Crippen LogP contribution in [0.3, 0.4) is 0 Å². The van der Waals surface area contributed by atoms with Gasteiger partial charge in [-0.25, -0.2) is 0 Å². The molecular weight excluding hydrogens is 372 g/mol. The summed E-state index contributed by atoms with van der Waals surface area (Å²) in [6.07, 6.45) is 4.26. The van der Waals surface area contributed by atoms with E-state index in [0.717, 1.165) is 42.4 Å². The molecule has 4 nitrogen and oxygen atoms in total. The zero-order valence-corrected chi connectivity index (χ0v) is 17.0. The Morgan fingerprint density at radius 3 is 2.32 bits per heavy atom. The number of halogens is 1. The van der Waals surface area contributed by atoms with Gasteiger partial charge in [0.15, 0.2) is 0 Å². The van der Waals surface area contributed by atoms with Crippen LogP contribution in [-0.2, 0) is 16.1 Å². The van der Waals surface area contributed by atoms with Gasteiger partial charge in [-0.2, -0.15) is 0 Å². The van der Waals surface area contributed by atoms with Gasteiger partial charge in [0.1, 0.15) is 11.9 Å². The van der Waals surface area contributed by atoms with E-state index in [1.807, 2.05) is 61.5 Å². The lowest BCUT2D eigenvalue weighted by Crippen LogP contribution is -2.46. The average molecular weight is 399 g/mol. The standard InChI is InChI=1S/C23H27ClN2O2/c1-17-11-13-19(14-12-17)22(23(28)25-20-9-5-6-10-20)26(21(27)15-24)16-18-7-3-2-4-8-18/h2-4,7-8,11-14,20,22H,5-6,9-10,15-16H2,1H3,(H,25,28). The van der Waals surface area contributed by atoms with E-state index in [0.29, 0.717) is 6.54 Å². The van der Waals surface area contributed by atoms with Gasteiger partial charge >= 0.3 is 0 Å². The SMILES string of the molecule is Cc1ccc(C(C(=O)NC2CCCC2)N(Cc2ccccc2)C(=O)CCl)cc1. The molecule has 148 valence electrons. The van der Waals surface area contributed by atoms with Crippen molar-refractivity contribution in [3.05, 3.63) is 71.3 Å². The van der Waals surface area contributed by atoms with Gasteiger partial charge in [-0.1, -0.05) is 73.0 Å².